The van der Waals surface area contributed by atoms with Crippen LogP contribution in [0.15, 0.2) is 65.7 Å². The second-order valence-electron chi connectivity index (χ2n) is 7.72. The van der Waals surface area contributed by atoms with Crippen molar-refractivity contribution in [1.82, 2.24) is 24.9 Å². The van der Waals surface area contributed by atoms with Gasteiger partial charge < -0.3 is 9.84 Å². The Morgan fingerprint density at radius 3 is 2.62 bits per heavy atom. The zero-order valence-corrected chi connectivity index (χ0v) is 17.5. The van der Waals surface area contributed by atoms with Crippen molar-refractivity contribution in [3.63, 3.8) is 0 Å². The maximum Gasteiger partial charge on any atom is 0.471 e. The SMILES string of the molecule is O=C(C=Cc1cnccc1-c1cnn(C2CC2)c1)Nc1ccc(-c2noc(C(F)(F)F)n2)cc1. The van der Waals surface area contributed by atoms with Gasteiger partial charge in [-0.2, -0.15) is 23.3 Å². The molecule has 0 atom stereocenters. The van der Waals surface area contributed by atoms with Crippen LogP contribution in [0.4, 0.5) is 18.9 Å². The molecule has 0 unspecified atom stereocenters. The Balaban J connectivity index is 1.26. The molecule has 1 aliphatic rings. The number of carbonyl (C=O) groups excluding carboxylic acids is 1. The number of benzene rings is 1. The first-order valence-electron chi connectivity index (χ1n) is 10.4. The summed E-state index contributed by atoms with van der Waals surface area (Å²) in [5.41, 5.74) is 3.39. The summed E-state index contributed by atoms with van der Waals surface area (Å²) >= 11 is 0. The number of pyridine rings is 1. The first kappa shape index (κ1) is 21.6. The molecule has 3 heterocycles. The molecule has 1 aliphatic carbocycles. The summed E-state index contributed by atoms with van der Waals surface area (Å²) in [7, 11) is 0. The molecule has 0 bridgehead atoms. The average Bonchev–Trinajstić information content (AvgIpc) is 3.33. The van der Waals surface area contributed by atoms with E-state index in [1.165, 1.54) is 30.3 Å². The number of rotatable bonds is 6. The molecule has 172 valence electrons. The van der Waals surface area contributed by atoms with E-state index in [4.69, 9.17) is 0 Å². The molecule has 1 amide bonds. The number of alkyl halides is 3. The van der Waals surface area contributed by atoms with Gasteiger partial charge >= 0.3 is 12.1 Å². The van der Waals surface area contributed by atoms with Crippen LogP contribution in [0, 0.1) is 0 Å². The first-order valence-corrected chi connectivity index (χ1v) is 10.4. The third-order valence-electron chi connectivity index (χ3n) is 5.18. The van der Waals surface area contributed by atoms with Crippen molar-refractivity contribution in [3.8, 4) is 22.5 Å². The molecular formula is C23H17F3N6O2. The molecule has 8 nitrogen and oxygen atoms in total. The molecule has 3 aromatic heterocycles. The fourth-order valence-corrected chi connectivity index (χ4v) is 3.33. The standard InChI is InChI=1S/C23H17F3N6O2/c24-23(25,26)22-30-21(31-34-22)14-1-4-17(5-2-14)29-20(33)8-3-15-11-27-10-9-19(15)16-12-28-32(13-16)18-6-7-18/h1-5,8-13,18H,6-7H2,(H,29,33). The van der Waals surface area contributed by atoms with Crippen LogP contribution in [0.25, 0.3) is 28.6 Å². The smallest absolute Gasteiger partial charge is 0.329 e. The number of aromatic nitrogens is 5. The zero-order chi connectivity index (χ0) is 23.7. The number of anilines is 1. The number of hydrogen-bond acceptors (Lipinski definition) is 6. The Hall–Kier alpha value is -4.28. The van der Waals surface area contributed by atoms with Crippen molar-refractivity contribution >= 4 is 17.7 Å². The van der Waals surface area contributed by atoms with E-state index in [0.29, 0.717) is 17.3 Å². The van der Waals surface area contributed by atoms with Crippen molar-refractivity contribution in [2.45, 2.75) is 25.1 Å². The highest BCUT2D eigenvalue weighted by Gasteiger charge is 2.38. The molecule has 1 saturated carbocycles. The lowest BCUT2D eigenvalue weighted by atomic mass is 10.0. The second kappa shape index (κ2) is 8.58. The van der Waals surface area contributed by atoms with Crippen molar-refractivity contribution in [1.29, 1.82) is 0 Å². The number of halogens is 3. The van der Waals surface area contributed by atoms with Gasteiger partial charge in [0.05, 0.1) is 12.2 Å². The summed E-state index contributed by atoms with van der Waals surface area (Å²) in [5.74, 6) is -1.99. The number of hydrogen-bond donors (Lipinski definition) is 1. The predicted octanol–water partition coefficient (Wildman–Crippen LogP) is 5.00. The Morgan fingerprint density at radius 2 is 1.91 bits per heavy atom. The lowest BCUT2D eigenvalue weighted by molar-refractivity contribution is -0.159. The Bertz CT molecular complexity index is 1350. The van der Waals surface area contributed by atoms with Crippen LogP contribution in [0.3, 0.4) is 0 Å². The molecule has 4 aromatic rings. The monoisotopic (exact) mass is 466 g/mol. The van der Waals surface area contributed by atoms with Crippen LogP contribution in [0.1, 0.15) is 30.3 Å². The summed E-state index contributed by atoms with van der Waals surface area (Å²) in [6.07, 6.45) is 7.75. The van der Waals surface area contributed by atoms with Gasteiger partial charge in [0, 0.05) is 47.0 Å². The van der Waals surface area contributed by atoms with E-state index in [0.717, 1.165) is 29.5 Å². The molecule has 1 fully saturated rings. The van der Waals surface area contributed by atoms with Crippen molar-refractivity contribution < 1.29 is 22.5 Å². The number of amides is 1. The second-order valence-corrected chi connectivity index (χ2v) is 7.72. The normalized spacial score (nSPS) is 14.0. The molecular weight excluding hydrogens is 449 g/mol. The fraction of sp³-hybridized carbons (Fsp3) is 0.174. The van der Waals surface area contributed by atoms with Gasteiger partial charge in [0.15, 0.2) is 0 Å². The third-order valence-corrected chi connectivity index (χ3v) is 5.18. The fourth-order valence-electron chi connectivity index (χ4n) is 3.33. The van der Waals surface area contributed by atoms with Gasteiger partial charge in [0.25, 0.3) is 0 Å². The van der Waals surface area contributed by atoms with E-state index in [-0.39, 0.29) is 11.7 Å². The molecule has 34 heavy (non-hydrogen) atoms. The van der Waals surface area contributed by atoms with Gasteiger partial charge in [-0.25, -0.2) is 0 Å². The van der Waals surface area contributed by atoms with E-state index in [2.05, 4.69) is 30.1 Å². The van der Waals surface area contributed by atoms with Gasteiger partial charge in [-0.1, -0.05) is 5.16 Å². The maximum absolute atomic E-state index is 12.6. The van der Waals surface area contributed by atoms with Crippen molar-refractivity contribution in [2.75, 3.05) is 5.32 Å². The Kier molecular flexibility index (Phi) is 5.44. The summed E-state index contributed by atoms with van der Waals surface area (Å²) in [4.78, 5) is 19.9. The molecule has 11 heteroatoms. The molecule has 0 aliphatic heterocycles. The zero-order valence-electron chi connectivity index (χ0n) is 17.5. The number of carbonyl (C=O) groups is 1. The average molecular weight is 466 g/mol. The third kappa shape index (κ3) is 4.72. The van der Waals surface area contributed by atoms with Crippen LogP contribution >= 0.6 is 0 Å². The van der Waals surface area contributed by atoms with E-state index in [1.54, 1.807) is 24.7 Å². The predicted molar refractivity (Wildman–Crippen MR) is 116 cm³/mol. The molecule has 5 rings (SSSR count). The van der Waals surface area contributed by atoms with Gasteiger partial charge in [-0.05, 0) is 54.8 Å². The highest BCUT2D eigenvalue weighted by atomic mass is 19.4. The number of nitrogens with one attached hydrogen (secondary N) is 1. The minimum Gasteiger partial charge on any atom is -0.329 e. The summed E-state index contributed by atoms with van der Waals surface area (Å²) < 4.78 is 44.0. The summed E-state index contributed by atoms with van der Waals surface area (Å²) in [6, 6.07) is 8.38. The van der Waals surface area contributed by atoms with E-state index in [1.807, 2.05) is 16.9 Å². The van der Waals surface area contributed by atoms with Crippen LogP contribution in [0.2, 0.25) is 0 Å². The largest absolute Gasteiger partial charge is 0.471 e. The molecule has 1 aromatic carbocycles. The minimum atomic E-state index is -4.71. The van der Waals surface area contributed by atoms with Crippen molar-refractivity contribution in [3.05, 3.63) is 72.6 Å². The summed E-state index contributed by atoms with van der Waals surface area (Å²) in [6.45, 7) is 0. The van der Waals surface area contributed by atoms with Crippen molar-refractivity contribution in [2.24, 2.45) is 0 Å². The maximum atomic E-state index is 12.6. The lowest BCUT2D eigenvalue weighted by Gasteiger charge is -2.04. The lowest BCUT2D eigenvalue weighted by Crippen LogP contribution is -2.07. The molecule has 0 saturated heterocycles. The van der Waals surface area contributed by atoms with Crippen LogP contribution in [-0.4, -0.2) is 30.8 Å². The van der Waals surface area contributed by atoms with E-state index < -0.39 is 12.1 Å². The van der Waals surface area contributed by atoms with Gasteiger partial charge in [0.2, 0.25) is 11.7 Å². The van der Waals surface area contributed by atoms with E-state index >= 15 is 0 Å². The van der Waals surface area contributed by atoms with Crippen LogP contribution in [-0.2, 0) is 11.0 Å². The first-order chi connectivity index (χ1) is 16.4. The Labute approximate surface area is 191 Å². The van der Waals surface area contributed by atoms with Crippen LogP contribution in [0.5, 0.6) is 0 Å². The molecule has 0 radical (unpaired) electrons. The van der Waals surface area contributed by atoms with Gasteiger partial charge in [0.1, 0.15) is 0 Å². The highest BCUT2D eigenvalue weighted by molar-refractivity contribution is 6.02. The number of nitrogens with zero attached hydrogens (tertiary/aromatic N) is 5. The molecule has 0 spiro atoms. The van der Waals surface area contributed by atoms with Gasteiger partial charge in [-0.15, -0.1) is 0 Å². The van der Waals surface area contributed by atoms with Crippen LogP contribution < -0.4 is 5.32 Å². The quantitative estimate of drug-likeness (QED) is 0.402. The van der Waals surface area contributed by atoms with Gasteiger partial charge in [-0.3, -0.25) is 14.5 Å². The Morgan fingerprint density at radius 1 is 1.12 bits per heavy atom. The van der Waals surface area contributed by atoms with E-state index in [9.17, 15) is 18.0 Å². The highest BCUT2D eigenvalue weighted by Crippen LogP contribution is 2.35. The topological polar surface area (TPSA) is 98.7 Å². The minimum absolute atomic E-state index is 0.195. The molecule has 1 N–H and O–H groups in total. The summed E-state index contributed by atoms with van der Waals surface area (Å²) in [5, 5.41) is 10.4.